The highest BCUT2D eigenvalue weighted by Crippen LogP contribution is 2.00. The first-order valence-electron chi connectivity index (χ1n) is 2.26. The number of nitrogens with zero attached hydrogens (tertiary/aromatic N) is 1. The van der Waals surface area contributed by atoms with E-state index in [2.05, 4.69) is 16.8 Å². The summed E-state index contributed by atoms with van der Waals surface area (Å²) >= 11 is 0. The summed E-state index contributed by atoms with van der Waals surface area (Å²) in [7, 11) is 3.19. The Hall–Kier alpha value is -1.05. The van der Waals surface area contributed by atoms with Gasteiger partial charge in [0.15, 0.2) is 0 Å². The first kappa shape index (κ1) is 5.09. The van der Waals surface area contributed by atoms with E-state index in [1.165, 1.54) is 0 Å². The Labute approximate surface area is 48.1 Å². The molecule has 1 radical (unpaired) electrons. The van der Waals surface area contributed by atoms with Crippen LogP contribution in [0.2, 0.25) is 0 Å². The Morgan fingerprint density at radius 2 is 2.38 bits per heavy atom. The third-order valence-corrected chi connectivity index (χ3v) is 0.786. The molecule has 0 unspecified atom stereocenters. The van der Waals surface area contributed by atoms with Gasteiger partial charge in [-0.1, -0.05) is 6.07 Å². The molecule has 0 saturated heterocycles. The van der Waals surface area contributed by atoms with Crippen molar-refractivity contribution in [2.45, 2.75) is 0 Å². The van der Waals surface area contributed by atoms with E-state index in [4.69, 9.17) is 0 Å². The van der Waals surface area contributed by atoms with Crippen LogP contribution in [0.4, 0.5) is 0 Å². The predicted octanol–water partition coefficient (Wildman–Crippen LogP) is 1.25. The molecule has 2 heteroatoms. The van der Waals surface area contributed by atoms with Gasteiger partial charge in [-0.2, -0.15) is 0 Å². The Bertz CT molecular complexity index is 150. The van der Waals surface area contributed by atoms with Crippen molar-refractivity contribution in [3.05, 3.63) is 31.5 Å². The fourth-order valence-corrected chi connectivity index (χ4v) is 0.432. The van der Waals surface area contributed by atoms with Crippen molar-refractivity contribution in [1.82, 2.24) is 4.98 Å². The summed E-state index contributed by atoms with van der Waals surface area (Å²) in [4.78, 5) is 3.81. The lowest BCUT2D eigenvalue weighted by Gasteiger charge is -1.91. The second kappa shape index (κ2) is 2.31. The van der Waals surface area contributed by atoms with E-state index < -0.39 is 0 Å². The molecule has 8 heavy (non-hydrogen) atoms. The molecule has 0 fully saturated rings. The summed E-state index contributed by atoms with van der Waals surface area (Å²) in [6.07, 6.45) is 1.65. The van der Waals surface area contributed by atoms with Crippen LogP contribution in [0.25, 0.3) is 0 Å². The lowest BCUT2D eigenvalue weighted by atomic mass is 10.5. The summed E-state index contributed by atoms with van der Waals surface area (Å²) in [5, 5.41) is 0. The number of hydrogen-bond donors (Lipinski definition) is 0. The van der Waals surface area contributed by atoms with E-state index in [1.807, 2.05) is 12.1 Å². The van der Waals surface area contributed by atoms with E-state index >= 15 is 0 Å². The summed E-state index contributed by atoms with van der Waals surface area (Å²) in [5.74, 6) is 0.549. The maximum atomic E-state index is 4.55. The van der Waals surface area contributed by atoms with Gasteiger partial charge in [0, 0.05) is 12.3 Å². The van der Waals surface area contributed by atoms with Crippen LogP contribution in [-0.2, 0) is 0 Å². The molecule has 0 aromatic carbocycles. The van der Waals surface area contributed by atoms with Gasteiger partial charge in [0.2, 0.25) is 5.88 Å². The van der Waals surface area contributed by atoms with Crippen molar-refractivity contribution >= 4 is 0 Å². The van der Waals surface area contributed by atoms with Crippen LogP contribution < -0.4 is 4.74 Å². The SMILES string of the molecule is [CH2]Oc1ccccn1. The second-order valence-electron chi connectivity index (χ2n) is 1.31. The number of ether oxygens (including phenoxy) is 1. The largest absolute Gasteiger partial charge is 0.474 e. The van der Waals surface area contributed by atoms with Gasteiger partial charge in [0.05, 0.1) is 0 Å². The Kier molecular flexibility index (Phi) is 1.47. The number of aromatic nitrogens is 1. The molecule has 0 spiro atoms. The minimum absolute atomic E-state index is 0.549. The average Bonchev–Trinajstić information content (AvgIpc) is 1.90. The van der Waals surface area contributed by atoms with Crippen LogP contribution in [-0.4, -0.2) is 4.98 Å². The summed E-state index contributed by atoms with van der Waals surface area (Å²) in [6.45, 7) is 0. The van der Waals surface area contributed by atoms with Gasteiger partial charge >= 0.3 is 0 Å². The van der Waals surface area contributed by atoms with Gasteiger partial charge in [-0.25, -0.2) is 4.98 Å². The normalized spacial score (nSPS) is 8.62. The first-order chi connectivity index (χ1) is 3.93. The van der Waals surface area contributed by atoms with Crippen LogP contribution >= 0.6 is 0 Å². The standard InChI is InChI=1S/C6H6NO/c1-8-6-4-2-3-5-7-6/h2-5H,1H2. The Balaban J connectivity index is 2.83. The third-order valence-electron chi connectivity index (χ3n) is 0.786. The molecule has 0 aliphatic carbocycles. The minimum atomic E-state index is 0.549. The fraction of sp³-hybridized carbons (Fsp3) is 0. The van der Waals surface area contributed by atoms with Crippen molar-refractivity contribution < 1.29 is 4.74 Å². The van der Waals surface area contributed by atoms with Crippen molar-refractivity contribution in [3.63, 3.8) is 0 Å². The van der Waals surface area contributed by atoms with Crippen molar-refractivity contribution in [2.24, 2.45) is 0 Å². The Morgan fingerprint density at radius 3 is 2.75 bits per heavy atom. The molecular formula is C6H6NO. The molecule has 0 bridgehead atoms. The highest BCUT2D eigenvalue weighted by atomic mass is 16.5. The molecular weight excluding hydrogens is 102 g/mol. The van der Waals surface area contributed by atoms with Gasteiger partial charge in [-0.05, 0) is 6.07 Å². The van der Waals surface area contributed by atoms with E-state index in [0.717, 1.165) is 0 Å². The first-order valence-corrected chi connectivity index (χ1v) is 2.26. The van der Waals surface area contributed by atoms with E-state index in [1.54, 1.807) is 12.3 Å². The highest BCUT2D eigenvalue weighted by molar-refractivity contribution is 5.08. The molecule has 0 aliphatic heterocycles. The zero-order valence-electron chi connectivity index (χ0n) is 4.37. The van der Waals surface area contributed by atoms with Crippen LogP contribution in [0.3, 0.4) is 0 Å². The Morgan fingerprint density at radius 1 is 1.50 bits per heavy atom. The molecule has 2 nitrogen and oxygen atoms in total. The molecule has 1 heterocycles. The second-order valence-corrected chi connectivity index (χ2v) is 1.31. The van der Waals surface area contributed by atoms with E-state index in [0.29, 0.717) is 5.88 Å². The summed E-state index contributed by atoms with van der Waals surface area (Å²) < 4.78 is 4.55. The van der Waals surface area contributed by atoms with Gasteiger partial charge in [0.25, 0.3) is 0 Å². The van der Waals surface area contributed by atoms with Crippen molar-refractivity contribution in [2.75, 3.05) is 0 Å². The summed E-state index contributed by atoms with van der Waals surface area (Å²) in [6, 6.07) is 5.41. The maximum absolute atomic E-state index is 4.55. The lowest BCUT2D eigenvalue weighted by molar-refractivity contribution is 0.453. The smallest absolute Gasteiger partial charge is 0.213 e. The molecule has 0 N–H and O–H groups in total. The van der Waals surface area contributed by atoms with Crippen LogP contribution in [0, 0.1) is 7.11 Å². The minimum Gasteiger partial charge on any atom is -0.474 e. The molecule has 1 aromatic rings. The van der Waals surface area contributed by atoms with Crippen LogP contribution in [0.15, 0.2) is 24.4 Å². The topological polar surface area (TPSA) is 22.1 Å². The van der Waals surface area contributed by atoms with Gasteiger partial charge in [-0.3, -0.25) is 0 Å². The predicted molar refractivity (Wildman–Crippen MR) is 30.2 cm³/mol. The molecule has 1 rings (SSSR count). The van der Waals surface area contributed by atoms with Crippen molar-refractivity contribution in [1.29, 1.82) is 0 Å². The quantitative estimate of drug-likeness (QED) is 0.540. The number of hydrogen-bond acceptors (Lipinski definition) is 2. The van der Waals surface area contributed by atoms with E-state index in [9.17, 15) is 0 Å². The zero-order chi connectivity index (χ0) is 5.82. The van der Waals surface area contributed by atoms with E-state index in [-0.39, 0.29) is 0 Å². The van der Waals surface area contributed by atoms with Crippen LogP contribution in [0.5, 0.6) is 5.88 Å². The summed E-state index contributed by atoms with van der Waals surface area (Å²) in [5.41, 5.74) is 0. The van der Waals surface area contributed by atoms with Gasteiger partial charge < -0.3 is 4.74 Å². The monoisotopic (exact) mass is 108 g/mol. The highest BCUT2D eigenvalue weighted by Gasteiger charge is 1.82. The van der Waals surface area contributed by atoms with Crippen molar-refractivity contribution in [3.8, 4) is 5.88 Å². The molecule has 0 atom stereocenters. The number of pyridine rings is 1. The van der Waals surface area contributed by atoms with Gasteiger partial charge in [-0.15, -0.1) is 0 Å². The third kappa shape index (κ3) is 0.964. The zero-order valence-corrected chi connectivity index (χ0v) is 4.37. The molecule has 0 amide bonds. The maximum Gasteiger partial charge on any atom is 0.213 e. The fourth-order valence-electron chi connectivity index (χ4n) is 0.432. The molecule has 0 saturated carbocycles. The molecule has 0 aliphatic rings. The average molecular weight is 108 g/mol. The van der Waals surface area contributed by atoms with Gasteiger partial charge in [0.1, 0.15) is 7.11 Å². The molecule has 41 valence electrons. The number of rotatable bonds is 1. The lowest BCUT2D eigenvalue weighted by Crippen LogP contribution is -1.80. The van der Waals surface area contributed by atoms with Crippen LogP contribution in [0.1, 0.15) is 0 Å². The molecule has 1 aromatic heterocycles.